The summed E-state index contributed by atoms with van der Waals surface area (Å²) in [6.07, 6.45) is -0.216. The minimum absolute atomic E-state index is 0.0151. The molecule has 1 aromatic rings. The number of morpholine rings is 1. The summed E-state index contributed by atoms with van der Waals surface area (Å²) in [7, 11) is 1.80. The summed E-state index contributed by atoms with van der Waals surface area (Å²) >= 11 is 0. The highest BCUT2D eigenvalue weighted by Crippen LogP contribution is 2.22. The van der Waals surface area contributed by atoms with Crippen LogP contribution in [0.25, 0.3) is 0 Å². The van der Waals surface area contributed by atoms with Gasteiger partial charge in [0, 0.05) is 13.1 Å². The SMILES string of the molecule is CN(CCO)CC(=O)N1CCOC(c2ccc(F)cc2)C1. The molecular formula is C15H21FN2O3. The van der Waals surface area contributed by atoms with Gasteiger partial charge in [0.1, 0.15) is 11.9 Å². The molecule has 0 aromatic heterocycles. The predicted octanol–water partition coefficient (Wildman–Crippen LogP) is 0.650. The molecule has 1 saturated heterocycles. The van der Waals surface area contributed by atoms with E-state index < -0.39 is 0 Å². The van der Waals surface area contributed by atoms with Crippen molar-refractivity contribution in [3.63, 3.8) is 0 Å². The fourth-order valence-corrected chi connectivity index (χ4v) is 2.34. The molecular weight excluding hydrogens is 275 g/mol. The lowest BCUT2D eigenvalue weighted by atomic mass is 10.1. The van der Waals surface area contributed by atoms with Crippen molar-refractivity contribution < 1.29 is 19.0 Å². The molecule has 1 N–H and O–H groups in total. The van der Waals surface area contributed by atoms with Crippen LogP contribution in [0.5, 0.6) is 0 Å². The number of ether oxygens (including phenoxy) is 1. The van der Waals surface area contributed by atoms with Crippen LogP contribution in [0, 0.1) is 5.82 Å². The molecule has 1 unspecified atom stereocenters. The topological polar surface area (TPSA) is 53.0 Å². The molecule has 0 bridgehead atoms. The third kappa shape index (κ3) is 4.49. The largest absolute Gasteiger partial charge is 0.395 e. The summed E-state index contributed by atoms with van der Waals surface area (Å²) in [5.74, 6) is -0.269. The van der Waals surface area contributed by atoms with Gasteiger partial charge in [-0.2, -0.15) is 0 Å². The molecule has 0 radical (unpaired) electrons. The van der Waals surface area contributed by atoms with E-state index >= 15 is 0 Å². The van der Waals surface area contributed by atoms with Crippen molar-refractivity contribution in [1.82, 2.24) is 9.80 Å². The third-order valence-corrected chi connectivity index (χ3v) is 3.55. The average Bonchev–Trinajstić information content (AvgIpc) is 2.48. The maximum Gasteiger partial charge on any atom is 0.236 e. The van der Waals surface area contributed by atoms with Crippen LogP contribution in [0.2, 0.25) is 0 Å². The molecule has 1 fully saturated rings. The first-order valence-corrected chi connectivity index (χ1v) is 7.04. The number of benzene rings is 1. The van der Waals surface area contributed by atoms with Gasteiger partial charge < -0.3 is 14.7 Å². The molecule has 1 amide bonds. The molecule has 5 nitrogen and oxygen atoms in total. The second kappa shape index (κ2) is 7.49. The standard InChI is InChI=1S/C15H21FN2O3/c1-17(6-8-19)11-15(20)18-7-9-21-14(10-18)12-2-4-13(16)5-3-12/h2-5,14,19H,6-11H2,1H3. The number of carbonyl (C=O) groups excluding carboxylic acids is 1. The highest BCUT2D eigenvalue weighted by Gasteiger charge is 2.25. The van der Waals surface area contributed by atoms with Gasteiger partial charge in [-0.05, 0) is 24.7 Å². The number of rotatable bonds is 5. The first-order valence-electron chi connectivity index (χ1n) is 7.04. The number of nitrogens with zero attached hydrogens (tertiary/aromatic N) is 2. The second-order valence-electron chi connectivity index (χ2n) is 5.21. The first kappa shape index (κ1) is 15.9. The number of amides is 1. The minimum atomic E-state index is -0.284. The zero-order chi connectivity index (χ0) is 15.2. The summed E-state index contributed by atoms with van der Waals surface area (Å²) in [6, 6.07) is 6.17. The number of carbonyl (C=O) groups is 1. The fraction of sp³-hybridized carbons (Fsp3) is 0.533. The van der Waals surface area contributed by atoms with Gasteiger partial charge >= 0.3 is 0 Å². The van der Waals surface area contributed by atoms with E-state index in [9.17, 15) is 9.18 Å². The van der Waals surface area contributed by atoms with Crippen LogP contribution < -0.4 is 0 Å². The summed E-state index contributed by atoms with van der Waals surface area (Å²) in [5.41, 5.74) is 0.873. The van der Waals surface area contributed by atoms with Crippen LogP contribution in [0.4, 0.5) is 4.39 Å². The normalized spacial score (nSPS) is 19.0. The monoisotopic (exact) mass is 296 g/mol. The van der Waals surface area contributed by atoms with Gasteiger partial charge in [0.15, 0.2) is 0 Å². The Balaban J connectivity index is 1.94. The molecule has 0 spiro atoms. The lowest BCUT2D eigenvalue weighted by Gasteiger charge is -2.34. The van der Waals surface area contributed by atoms with E-state index in [1.165, 1.54) is 12.1 Å². The fourth-order valence-electron chi connectivity index (χ4n) is 2.34. The Bertz CT molecular complexity index is 466. The zero-order valence-electron chi connectivity index (χ0n) is 12.2. The van der Waals surface area contributed by atoms with E-state index in [1.54, 1.807) is 29.0 Å². The van der Waals surface area contributed by atoms with E-state index in [4.69, 9.17) is 9.84 Å². The van der Waals surface area contributed by atoms with Gasteiger partial charge in [-0.1, -0.05) is 12.1 Å². The van der Waals surface area contributed by atoms with Crippen molar-refractivity contribution in [2.75, 3.05) is 46.4 Å². The highest BCUT2D eigenvalue weighted by molar-refractivity contribution is 5.78. The highest BCUT2D eigenvalue weighted by atomic mass is 19.1. The molecule has 0 aliphatic carbocycles. The minimum Gasteiger partial charge on any atom is -0.395 e. The average molecular weight is 296 g/mol. The summed E-state index contributed by atoms with van der Waals surface area (Å²) in [5, 5.41) is 8.86. The summed E-state index contributed by atoms with van der Waals surface area (Å²) in [4.78, 5) is 15.7. The molecule has 21 heavy (non-hydrogen) atoms. The van der Waals surface area contributed by atoms with Crippen molar-refractivity contribution in [3.05, 3.63) is 35.6 Å². The first-order chi connectivity index (χ1) is 10.1. The summed E-state index contributed by atoms with van der Waals surface area (Å²) < 4.78 is 18.6. The molecule has 1 aliphatic heterocycles. The Hall–Kier alpha value is -1.50. The van der Waals surface area contributed by atoms with Crippen LogP contribution in [0.1, 0.15) is 11.7 Å². The van der Waals surface area contributed by atoms with Crippen LogP contribution in [-0.2, 0) is 9.53 Å². The molecule has 1 aromatic carbocycles. The van der Waals surface area contributed by atoms with Gasteiger partial charge in [0.2, 0.25) is 5.91 Å². The molecule has 116 valence electrons. The molecule has 1 atom stereocenters. The number of hydrogen-bond acceptors (Lipinski definition) is 4. The molecule has 6 heteroatoms. The number of aliphatic hydroxyl groups is 1. The molecule has 0 saturated carbocycles. The van der Waals surface area contributed by atoms with Gasteiger partial charge in [-0.3, -0.25) is 9.69 Å². The van der Waals surface area contributed by atoms with Gasteiger partial charge in [0.05, 0.1) is 26.3 Å². The van der Waals surface area contributed by atoms with E-state index in [1.807, 2.05) is 0 Å². The lowest BCUT2D eigenvalue weighted by Crippen LogP contribution is -2.46. The second-order valence-corrected chi connectivity index (χ2v) is 5.21. The Labute approximate surface area is 123 Å². The van der Waals surface area contributed by atoms with E-state index in [0.717, 1.165) is 5.56 Å². The van der Waals surface area contributed by atoms with Gasteiger partial charge in [0.25, 0.3) is 0 Å². The van der Waals surface area contributed by atoms with E-state index in [0.29, 0.717) is 26.2 Å². The van der Waals surface area contributed by atoms with Crippen molar-refractivity contribution >= 4 is 5.91 Å². The van der Waals surface area contributed by atoms with Crippen LogP contribution in [0.15, 0.2) is 24.3 Å². The van der Waals surface area contributed by atoms with Crippen molar-refractivity contribution in [2.24, 2.45) is 0 Å². The van der Waals surface area contributed by atoms with Crippen molar-refractivity contribution in [2.45, 2.75) is 6.10 Å². The molecule has 2 rings (SSSR count). The smallest absolute Gasteiger partial charge is 0.236 e. The summed E-state index contributed by atoms with van der Waals surface area (Å²) in [6.45, 7) is 2.28. The Morgan fingerprint density at radius 1 is 1.48 bits per heavy atom. The van der Waals surface area contributed by atoms with E-state index in [-0.39, 0.29) is 31.0 Å². The van der Waals surface area contributed by atoms with Crippen LogP contribution >= 0.6 is 0 Å². The number of likely N-dealkylation sites (N-methyl/N-ethyl adjacent to an activating group) is 1. The van der Waals surface area contributed by atoms with Crippen molar-refractivity contribution in [3.8, 4) is 0 Å². The van der Waals surface area contributed by atoms with E-state index in [2.05, 4.69) is 0 Å². The van der Waals surface area contributed by atoms with Gasteiger partial charge in [-0.25, -0.2) is 4.39 Å². The quantitative estimate of drug-likeness (QED) is 0.867. The number of aliphatic hydroxyl groups excluding tert-OH is 1. The van der Waals surface area contributed by atoms with Crippen LogP contribution in [-0.4, -0.2) is 67.3 Å². The molecule has 1 heterocycles. The number of halogens is 1. The Morgan fingerprint density at radius 3 is 2.86 bits per heavy atom. The van der Waals surface area contributed by atoms with Gasteiger partial charge in [-0.15, -0.1) is 0 Å². The number of hydrogen-bond donors (Lipinski definition) is 1. The Kier molecular flexibility index (Phi) is 5.67. The predicted molar refractivity (Wildman–Crippen MR) is 76.3 cm³/mol. The third-order valence-electron chi connectivity index (χ3n) is 3.55. The Morgan fingerprint density at radius 2 is 2.19 bits per heavy atom. The maximum atomic E-state index is 12.9. The van der Waals surface area contributed by atoms with Crippen molar-refractivity contribution in [1.29, 1.82) is 0 Å². The van der Waals surface area contributed by atoms with Crippen LogP contribution in [0.3, 0.4) is 0 Å². The maximum absolute atomic E-state index is 12.9. The zero-order valence-corrected chi connectivity index (χ0v) is 12.2. The lowest BCUT2D eigenvalue weighted by molar-refractivity contribution is -0.140. The molecule has 1 aliphatic rings.